The number of nitrogens with zero attached hydrogens (tertiary/aromatic N) is 2. The van der Waals surface area contributed by atoms with Crippen LogP contribution in [-0.2, 0) is 18.5 Å². The van der Waals surface area contributed by atoms with Crippen molar-refractivity contribution in [3.63, 3.8) is 0 Å². The minimum Gasteiger partial charge on any atom is -0.327 e. The lowest BCUT2D eigenvalue weighted by atomic mass is 9.87. The normalized spacial score (nSPS) is 11.9. The molecule has 0 atom stereocenters. The third kappa shape index (κ3) is 3.94. The fourth-order valence-corrected chi connectivity index (χ4v) is 2.42. The van der Waals surface area contributed by atoms with E-state index in [0.717, 1.165) is 25.5 Å². The number of hydrogen-bond acceptors (Lipinski definition) is 2. The molecular weight excluding hydrogens is 258 g/mol. The summed E-state index contributed by atoms with van der Waals surface area (Å²) in [6.07, 6.45) is 1.97. The van der Waals surface area contributed by atoms with Crippen LogP contribution < -0.4 is 5.32 Å². The highest BCUT2D eigenvalue weighted by molar-refractivity contribution is 5.28. The number of aromatic nitrogens is 2. The third-order valence-electron chi connectivity index (χ3n) is 3.85. The Labute approximate surface area is 128 Å². The number of imidazole rings is 1. The van der Waals surface area contributed by atoms with Gasteiger partial charge in [0, 0.05) is 19.3 Å². The quantitative estimate of drug-likeness (QED) is 0.909. The molecule has 3 nitrogen and oxygen atoms in total. The molecular formula is C18H27N3. The first-order valence-corrected chi connectivity index (χ1v) is 7.73. The van der Waals surface area contributed by atoms with Gasteiger partial charge in [-0.25, -0.2) is 4.98 Å². The van der Waals surface area contributed by atoms with Crippen molar-refractivity contribution in [2.24, 2.45) is 0 Å². The molecule has 0 saturated carbocycles. The van der Waals surface area contributed by atoms with Crippen LogP contribution in [0, 0.1) is 6.92 Å². The van der Waals surface area contributed by atoms with E-state index in [2.05, 4.69) is 73.8 Å². The molecule has 21 heavy (non-hydrogen) atoms. The largest absolute Gasteiger partial charge is 0.327 e. The summed E-state index contributed by atoms with van der Waals surface area (Å²) < 4.78 is 2.29. The van der Waals surface area contributed by atoms with Crippen LogP contribution in [0.2, 0.25) is 0 Å². The Hall–Kier alpha value is -1.61. The average Bonchev–Trinajstić information content (AvgIpc) is 2.77. The molecule has 0 aliphatic rings. The number of nitrogens with one attached hydrogen (secondary N) is 1. The van der Waals surface area contributed by atoms with Crippen LogP contribution >= 0.6 is 0 Å². The second-order valence-electron chi connectivity index (χ2n) is 6.61. The van der Waals surface area contributed by atoms with E-state index >= 15 is 0 Å². The summed E-state index contributed by atoms with van der Waals surface area (Å²) in [5, 5.41) is 3.37. The minimum atomic E-state index is 0.208. The van der Waals surface area contributed by atoms with Crippen molar-refractivity contribution >= 4 is 0 Å². The topological polar surface area (TPSA) is 29.9 Å². The van der Waals surface area contributed by atoms with Crippen molar-refractivity contribution in [1.82, 2.24) is 14.9 Å². The molecule has 1 N–H and O–H groups in total. The summed E-state index contributed by atoms with van der Waals surface area (Å²) in [5.74, 6) is 1.07. The van der Waals surface area contributed by atoms with E-state index < -0.39 is 0 Å². The predicted octanol–water partition coefficient (Wildman–Crippen LogP) is 3.65. The van der Waals surface area contributed by atoms with E-state index in [0.29, 0.717) is 0 Å². The Kier molecular flexibility index (Phi) is 4.84. The molecule has 0 radical (unpaired) electrons. The average molecular weight is 285 g/mol. The zero-order valence-electron chi connectivity index (χ0n) is 13.9. The zero-order valence-corrected chi connectivity index (χ0v) is 13.9. The first-order chi connectivity index (χ1) is 9.91. The van der Waals surface area contributed by atoms with Gasteiger partial charge in [0.2, 0.25) is 0 Å². The highest BCUT2D eigenvalue weighted by Crippen LogP contribution is 2.22. The second kappa shape index (κ2) is 6.44. The zero-order chi connectivity index (χ0) is 15.5. The van der Waals surface area contributed by atoms with E-state index in [1.807, 2.05) is 6.20 Å². The molecule has 0 aliphatic heterocycles. The monoisotopic (exact) mass is 285 g/mol. The Morgan fingerprint density at radius 1 is 1.14 bits per heavy atom. The first kappa shape index (κ1) is 15.8. The van der Waals surface area contributed by atoms with Crippen LogP contribution in [0.3, 0.4) is 0 Å². The third-order valence-corrected chi connectivity index (χ3v) is 3.85. The van der Waals surface area contributed by atoms with Gasteiger partial charge in [0.25, 0.3) is 0 Å². The van der Waals surface area contributed by atoms with Crippen LogP contribution in [-0.4, -0.2) is 16.1 Å². The van der Waals surface area contributed by atoms with Gasteiger partial charge in [-0.15, -0.1) is 0 Å². The Balaban J connectivity index is 2.16. The van der Waals surface area contributed by atoms with Gasteiger partial charge in [0.15, 0.2) is 0 Å². The second-order valence-corrected chi connectivity index (χ2v) is 6.61. The summed E-state index contributed by atoms with van der Waals surface area (Å²) in [5.41, 5.74) is 4.15. The van der Waals surface area contributed by atoms with E-state index in [-0.39, 0.29) is 5.41 Å². The molecule has 1 aromatic carbocycles. The Morgan fingerprint density at radius 3 is 2.38 bits per heavy atom. The smallest absolute Gasteiger partial charge is 0.106 e. The molecule has 2 rings (SSSR count). The van der Waals surface area contributed by atoms with Crippen molar-refractivity contribution in [3.8, 4) is 0 Å². The van der Waals surface area contributed by atoms with Gasteiger partial charge >= 0.3 is 0 Å². The van der Waals surface area contributed by atoms with Gasteiger partial charge in [-0.3, -0.25) is 0 Å². The van der Waals surface area contributed by atoms with Gasteiger partial charge in [0.1, 0.15) is 5.82 Å². The molecule has 0 fully saturated rings. The summed E-state index contributed by atoms with van der Waals surface area (Å²) in [4.78, 5) is 4.45. The standard InChI is InChI=1S/C18H27N3/c1-6-19-11-17-12-20-14(2)21(17)13-15-7-9-16(10-8-15)18(3,4)5/h7-10,12,19H,6,11,13H2,1-5H3. The maximum atomic E-state index is 4.45. The van der Waals surface area contributed by atoms with Crippen LogP contribution in [0.25, 0.3) is 0 Å². The lowest BCUT2D eigenvalue weighted by Crippen LogP contribution is -2.16. The summed E-state index contributed by atoms with van der Waals surface area (Å²) >= 11 is 0. The van der Waals surface area contributed by atoms with E-state index in [4.69, 9.17) is 0 Å². The van der Waals surface area contributed by atoms with E-state index in [1.54, 1.807) is 0 Å². The number of benzene rings is 1. The first-order valence-electron chi connectivity index (χ1n) is 7.73. The van der Waals surface area contributed by atoms with Crippen molar-refractivity contribution in [1.29, 1.82) is 0 Å². The predicted molar refractivity (Wildman–Crippen MR) is 88.6 cm³/mol. The van der Waals surface area contributed by atoms with Crippen molar-refractivity contribution in [2.75, 3.05) is 6.54 Å². The van der Waals surface area contributed by atoms with Gasteiger partial charge < -0.3 is 9.88 Å². The Morgan fingerprint density at radius 2 is 1.81 bits per heavy atom. The molecule has 0 unspecified atom stereocenters. The molecule has 114 valence electrons. The molecule has 0 aliphatic carbocycles. The van der Waals surface area contributed by atoms with Crippen LogP contribution in [0.4, 0.5) is 0 Å². The Bertz CT molecular complexity index is 574. The van der Waals surface area contributed by atoms with Crippen molar-refractivity contribution in [3.05, 3.63) is 53.1 Å². The summed E-state index contributed by atoms with van der Waals surface area (Å²) in [6, 6.07) is 8.95. The van der Waals surface area contributed by atoms with Crippen LogP contribution in [0.5, 0.6) is 0 Å². The van der Waals surface area contributed by atoms with Crippen molar-refractivity contribution in [2.45, 2.75) is 53.1 Å². The summed E-state index contributed by atoms with van der Waals surface area (Å²) in [6.45, 7) is 13.7. The van der Waals surface area contributed by atoms with E-state index in [9.17, 15) is 0 Å². The molecule has 0 spiro atoms. The molecule has 0 bridgehead atoms. The highest BCUT2D eigenvalue weighted by atomic mass is 15.1. The maximum absolute atomic E-state index is 4.45. The SMILES string of the molecule is CCNCc1cnc(C)n1Cc1ccc(C(C)(C)C)cc1. The number of rotatable bonds is 5. The number of hydrogen-bond donors (Lipinski definition) is 1. The molecule has 2 aromatic rings. The lowest BCUT2D eigenvalue weighted by Gasteiger charge is -2.19. The van der Waals surface area contributed by atoms with Gasteiger partial charge in [-0.1, -0.05) is 52.0 Å². The highest BCUT2D eigenvalue weighted by Gasteiger charge is 2.13. The summed E-state index contributed by atoms with van der Waals surface area (Å²) in [7, 11) is 0. The van der Waals surface area contributed by atoms with Crippen LogP contribution in [0.1, 0.15) is 50.3 Å². The molecule has 3 heteroatoms. The number of aryl methyl sites for hydroxylation is 1. The van der Waals surface area contributed by atoms with Gasteiger partial charge in [-0.05, 0) is 30.0 Å². The lowest BCUT2D eigenvalue weighted by molar-refractivity contribution is 0.589. The minimum absolute atomic E-state index is 0.208. The van der Waals surface area contributed by atoms with Gasteiger partial charge in [0.05, 0.1) is 5.69 Å². The maximum Gasteiger partial charge on any atom is 0.106 e. The molecule has 1 aromatic heterocycles. The van der Waals surface area contributed by atoms with E-state index in [1.165, 1.54) is 16.8 Å². The van der Waals surface area contributed by atoms with Crippen molar-refractivity contribution < 1.29 is 0 Å². The fourth-order valence-electron chi connectivity index (χ4n) is 2.42. The molecule has 1 heterocycles. The molecule has 0 saturated heterocycles. The van der Waals surface area contributed by atoms with Gasteiger partial charge in [-0.2, -0.15) is 0 Å². The van der Waals surface area contributed by atoms with Crippen LogP contribution in [0.15, 0.2) is 30.5 Å². The fraction of sp³-hybridized carbons (Fsp3) is 0.500. The molecule has 0 amide bonds.